The van der Waals surface area contributed by atoms with E-state index in [1.807, 2.05) is 115 Å². The number of hydroxylamine groups is 1. The molecule has 0 fully saturated rings. The Morgan fingerprint density at radius 3 is 1.84 bits per heavy atom. The SMILES string of the molecule is CC(C)(ON1c2ccccc2/C(=N/c2ccccc2)C1(c1ccccc1)c1ccccc1)C(=O)Oc1ccc([N+](=O)[O-])cc1. The lowest BCUT2D eigenvalue weighted by Gasteiger charge is -2.43. The van der Waals surface area contributed by atoms with Gasteiger partial charge in [0.1, 0.15) is 5.75 Å². The maximum Gasteiger partial charge on any atom is 0.345 e. The van der Waals surface area contributed by atoms with Crippen LogP contribution in [-0.4, -0.2) is 22.2 Å². The third-order valence-corrected chi connectivity index (χ3v) is 7.47. The fourth-order valence-electron chi connectivity index (χ4n) is 5.38. The number of anilines is 1. The van der Waals surface area contributed by atoms with E-state index in [0.29, 0.717) is 0 Å². The van der Waals surface area contributed by atoms with Crippen molar-refractivity contribution in [3.63, 3.8) is 0 Å². The van der Waals surface area contributed by atoms with Crippen LogP contribution in [0, 0.1) is 10.1 Å². The first-order valence-corrected chi connectivity index (χ1v) is 14.1. The zero-order valence-electron chi connectivity index (χ0n) is 24.2. The van der Waals surface area contributed by atoms with Crippen LogP contribution in [0.5, 0.6) is 5.75 Å². The molecule has 0 atom stereocenters. The van der Waals surface area contributed by atoms with Crippen LogP contribution in [0.4, 0.5) is 17.1 Å². The zero-order chi connectivity index (χ0) is 30.7. The van der Waals surface area contributed by atoms with Gasteiger partial charge in [-0.05, 0) is 55.3 Å². The van der Waals surface area contributed by atoms with E-state index in [1.54, 1.807) is 18.9 Å². The summed E-state index contributed by atoms with van der Waals surface area (Å²) in [5.41, 5.74) is 2.14. The number of aliphatic imine (C=N–C) groups is 1. The highest BCUT2D eigenvalue weighted by Crippen LogP contribution is 2.51. The Hall–Kier alpha value is -5.60. The highest BCUT2D eigenvalue weighted by molar-refractivity contribution is 6.20. The second-order valence-electron chi connectivity index (χ2n) is 10.8. The molecule has 0 saturated carbocycles. The van der Waals surface area contributed by atoms with Crippen molar-refractivity contribution >= 4 is 28.7 Å². The van der Waals surface area contributed by atoms with E-state index >= 15 is 0 Å². The summed E-state index contributed by atoms with van der Waals surface area (Å²) in [6.45, 7) is 3.27. The number of non-ortho nitro benzene ring substituents is 1. The quantitative estimate of drug-likeness (QED) is 0.0801. The Morgan fingerprint density at radius 1 is 0.750 bits per heavy atom. The Morgan fingerprint density at radius 2 is 1.27 bits per heavy atom. The summed E-state index contributed by atoms with van der Waals surface area (Å²) < 4.78 is 5.67. The number of esters is 1. The summed E-state index contributed by atoms with van der Waals surface area (Å²) in [6.07, 6.45) is 0. The first-order chi connectivity index (χ1) is 21.3. The van der Waals surface area contributed by atoms with Crippen LogP contribution in [0.2, 0.25) is 0 Å². The smallest absolute Gasteiger partial charge is 0.345 e. The minimum absolute atomic E-state index is 0.102. The number of hydrogen-bond acceptors (Lipinski definition) is 7. The topological polar surface area (TPSA) is 94.3 Å². The monoisotopic (exact) mass is 583 g/mol. The van der Waals surface area contributed by atoms with Crippen LogP contribution in [0.3, 0.4) is 0 Å². The second kappa shape index (κ2) is 11.6. The second-order valence-corrected chi connectivity index (χ2v) is 10.8. The Labute approximate surface area is 254 Å². The fourth-order valence-corrected chi connectivity index (χ4v) is 5.38. The molecule has 8 nitrogen and oxygen atoms in total. The normalized spacial score (nSPS) is 14.7. The molecule has 0 spiro atoms. The molecule has 0 amide bonds. The highest BCUT2D eigenvalue weighted by Gasteiger charge is 2.55. The third kappa shape index (κ3) is 5.12. The molecular weight excluding hydrogens is 554 g/mol. The van der Waals surface area contributed by atoms with E-state index < -0.39 is 22.0 Å². The van der Waals surface area contributed by atoms with Crippen molar-refractivity contribution in [2.45, 2.75) is 25.0 Å². The number of hydrogen-bond donors (Lipinski definition) is 0. The summed E-state index contributed by atoms with van der Waals surface area (Å²) in [4.78, 5) is 36.3. The minimum atomic E-state index is -1.51. The molecule has 0 saturated heterocycles. The number of para-hydroxylation sites is 2. The average molecular weight is 584 g/mol. The van der Waals surface area contributed by atoms with Crippen molar-refractivity contribution < 1.29 is 19.3 Å². The average Bonchev–Trinajstić information content (AvgIpc) is 3.31. The van der Waals surface area contributed by atoms with Gasteiger partial charge in [-0.3, -0.25) is 15.0 Å². The molecule has 8 heteroatoms. The molecule has 0 radical (unpaired) electrons. The van der Waals surface area contributed by atoms with Gasteiger partial charge >= 0.3 is 5.97 Å². The highest BCUT2D eigenvalue weighted by atomic mass is 16.7. The largest absolute Gasteiger partial charge is 0.424 e. The molecule has 0 N–H and O–H groups in total. The van der Waals surface area contributed by atoms with Crippen molar-refractivity contribution in [2.75, 3.05) is 5.06 Å². The van der Waals surface area contributed by atoms with Crippen LogP contribution in [0.15, 0.2) is 145 Å². The van der Waals surface area contributed by atoms with Crippen LogP contribution >= 0.6 is 0 Å². The predicted octanol–water partition coefficient (Wildman–Crippen LogP) is 7.80. The van der Waals surface area contributed by atoms with Crippen LogP contribution < -0.4 is 9.80 Å². The summed E-state index contributed by atoms with van der Waals surface area (Å²) in [5.74, 6) is -0.505. The molecule has 0 aliphatic carbocycles. The number of ether oxygens (including phenoxy) is 1. The van der Waals surface area contributed by atoms with Crippen LogP contribution in [-0.2, 0) is 15.2 Å². The van der Waals surface area contributed by atoms with E-state index in [9.17, 15) is 14.9 Å². The minimum Gasteiger partial charge on any atom is -0.424 e. The van der Waals surface area contributed by atoms with Gasteiger partial charge in [-0.2, -0.15) is 0 Å². The molecule has 5 aromatic rings. The van der Waals surface area contributed by atoms with Gasteiger partial charge in [0.2, 0.25) is 0 Å². The van der Waals surface area contributed by atoms with E-state index in [1.165, 1.54) is 24.3 Å². The first-order valence-electron chi connectivity index (χ1n) is 14.1. The Balaban J connectivity index is 1.52. The molecule has 1 aliphatic rings. The van der Waals surface area contributed by atoms with Gasteiger partial charge in [0.25, 0.3) is 5.69 Å². The lowest BCUT2D eigenvalue weighted by molar-refractivity contribution is -0.384. The molecule has 1 heterocycles. The van der Waals surface area contributed by atoms with Gasteiger partial charge in [0.15, 0.2) is 11.1 Å². The van der Waals surface area contributed by atoms with Crippen molar-refractivity contribution in [1.29, 1.82) is 0 Å². The predicted molar refractivity (Wildman–Crippen MR) is 169 cm³/mol. The molecular formula is C36H29N3O5. The maximum atomic E-state index is 13.7. The van der Waals surface area contributed by atoms with Crippen molar-refractivity contribution in [3.8, 4) is 5.75 Å². The van der Waals surface area contributed by atoms with E-state index in [2.05, 4.69) is 0 Å². The molecule has 218 valence electrons. The Kier molecular flexibility index (Phi) is 7.51. The molecule has 0 bridgehead atoms. The third-order valence-electron chi connectivity index (χ3n) is 7.47. The molecule has 0 aromatic heterocycles. The molecule has 1 aliphatic heterocycles. The number of nitro benzene ring substituents is 1. The van der Waals surface area contributed by atoms with Crippen molar-refractivity contribution in [1.82, 2.24) is 0 Å². The van der Waals surface area contributed by atoms with Gasteiger partial charge in [-0.15, -0.1) is 0 Å². The van der Waals surface area contributed by atoms with E-state index in [0.717, 1.165) is 33.8 Å². The lowest BCUT2D eigenvalue weighted by atomic mass is 9.78. The molecule has 0 unspecified atom stereocenters. The van der Waals surface area contributed by atoms with Gasteiger partial charge in [0, 0.05) is 17.7 Å². The number of nitro groups is 1. The van der Waals surface area contributed by atoms with Gasteiger partial charge < -0.3 is 4.74 Å². The summed E-state index contributed by atoms with van der Waals surface area (Å²) in [5, 5.41) is 12.9. The zero-order valence-corrected chi connectivity index (χ0v) is 24.2. The Bertz CT molecular complexity index is 1780. The van der Waals surface area contributed by atoms with Gasteiger partial charge in [-0.1, -0.05) is 97.1 Å². The number of fused-ring (bicyclic) bond motifs is 1. The van der Waals surface area contributed by atoms with Crippen LogP contribution in [0.1, 0.15) is 30.5 Å². The van der Waals surface area contributed by atoms with Crippen LogP contribution in [0.25, 0.3) is 0 Å². The molecule has 44 heavy (non-hydrogen) atoms. The van der Waals surface area contributed by atoms with Gasteiger partial charge in [-0.25, -0.2) is 14.9 Å². The van der Waals surface area contributed by atoms with E-state index in [4.69, 9.17) is 14.6 Å². The maximum absolute atomic E-state index is 13.7. The van der Waals surface area contributed by atoms with E-state index in [-0.39, 0.29) is 11.4 Å². The summed E-state index contributed by atoms with van der Waals surface area (Å²) >= 11 is 0. The molecule has 6 rings (SSSR count). The number of benzene rings is 5. The lowest BCUT2D eigenvalue weighted by Crippen LogP contribution is -2.54. The van der Waals surface area contributed by atoms with Crippen molar-refractivity contribution in [3.05, 3.63) is 166 Å². The van der Waals surface area contributed by atoms with Crippen molar-refractivity contribution in [2.24, 2.45) is 4.99 Å². The number of carbonyl (C=O) groups excluding carboxylic acids is 1. The summed E-state index contributed by atoms with van der Waals surface area (Å²) in [6, 6.07) is 42.8. The number of nitrogens with zero attached hydrogens (tertiary/aromatic N) is 3. The number of rotatable bonds is 8. The fraction of sp³-hybridized carbons (Fsp3) is 0.111. The molecule has 5 aromatic carbocycles. The summed E-state index contributed by atoms with van der Waals surface area (Å²) in [7, 11) is 0. The van der Waals surface area contributed by atoms with Gasteiger partial charge in [0.05, 0.1) is 22.0 Å². The number of carbonyl (C=O) groups is 1. The first kappa shape index (κ1) is 28.5. The standard InChI is InChI=1S/C36H29N3O5/c1-35(2,34(40)43-30-24-22-29(23-25-30)39(41)42)44-38-32-21-13-12-20-31(32)33(37-28-18-10-5-11-19-28)36(38,26-14-6-3-7-15-26)27-16-8-4-9-17-27/h3-25H,1-2H3/b37-33-.